The van der Waals surface area contributed by atoms with Gasteiger partial charge in [0.15, 0.2) is 6.61 Å². The third-order valence-electron chi connectivity index (χ3n) is 3.02. The lowest BCUT2D eigenvalue weighted by atomic mass is 10.2. The number of unbranched alkanes of at least 4 members (excludes halogenated alkanes) is 1. The molecule has 4 nitrogen and oxygen atoms in total. The van der Waals surface area contributed by atoms with Crippen LogP contribution >= 0.6 is 12.2 Å². The van der Waals surface area contributed by atoms with Gasteiger partial charge in [0.2, 0.25) is 0 Å². The lowest BCUT2D eigenvalue weighted by molar-refractivity contribution is -0.133. The summed E-state index contributed by atoms with van der Waals surface area (Å²) >= 11 is 4.96. The molecule has 110 valence electrons. The third kappa shape index (κ3) is 4.81. The summed E-state index contributed by atoms with van der Waals surface area (Å²) in [4.78, 5) is 14.1. The number of nitrogens with zero attached hydrogens (tertiary/aromatic N) is 1. The highest BCUT2D eigenvalue weighted by atomic mass is 32.1. The average molecular weight is 294 g/mol. The van der Waals surface area contributed by atoms with Gasteiger partial charge in [-0.1, -0.05) is 37.7 Å². The normalized spacial score (nSPS) is 10.1. The Morgan fingerprint density at radius 2 is 2.05 bits per heavy atom. The zero-order chi connectivity index (χ0) is 15.0. The van der Waals surface area contributed by atoms with Gasteiger partial charge >= 0.3 is 0 Å². The number of rotatable bonds is 8. The van der Waals surface area contributed by atoms with E-state index < -0.39 is 0 Å². The number of likely N-dealkylation sites (N-methyl/N-ethyl adjacent to an activating group) is 1. The molecule has 5 heteroatoms. The number of hydrogen-bond donors (Lipinski definition) is 1. The molecule has 0 radical (unpaired) electrons. The molecule has 0 saturated carbocycles. The molecule has 0 aromatic heterocycles. The molecule has 0 fully saturated rings. The highest BCUT2D eigenvalue weighted by Gasteiger charge is 2.13. The quantitative estimate of drug-likeness (QED) is 0.748. The summed E-state index contributed by atoms with van der Waals surface area (Å²) in [5, 5.41) is 0. The van der Waals surface area contributed by atoms with E-state index in [-0.39, 0.29) is 17.5 Å². The van der Waals surface area contributed by atoms with E-state index >= 15 is 0 Å². The molecule has 1 aromatic rings. The summed E-state index contributed by atoms with van der Waals surface area (Å²) in [6.07, 6.45) is 2.07. The summed E-state index contributed by atoms with van der Waals surface area (Å²) in [6.45, 7) is 5.55. The highest BCUT2D eigenvalue weighted by Crippen LogP contribution is 2.17. The van der Waals surface area contributed by atoms with Crippen molar-refractivity contribution in [3.63, 3.8) is 0 Å². The fourth-order valence-corrected chi connectivity index (χ4v) is 2.00. The van der Waals surface area contributed by atoms with Crippen molar-refractivity contribution in [2.75, 3.05) is 19.7 Å². The maximum Gasteiger partial charge on any atom is 0.260 e. The number of amides is 1. The third-order valence-corrected chi connectivity index (χ3v) is 3.24. The van der Waals surface area contributed by atoms with Crippen LogP contribution in [0.2, 0.25) is 0 Å². The summed E-state index contributed by atoms with van der Waals surface area (Å²) in [5.41, 5.74) is 6.29. The molecule has 1 rings (SSSR count). The Hall–Kier alpha value is -1.62. The molecule has 0 saturated heterocycles. The molecule has 0 atom stereocenters. The van der Waals surface area contributed by atoms with Crippen LogP contribution in [0, 0.1) is 0 Å². The molecule has 0 aliphatic rings. The Kier molecular flexibility index (Phi) is 7.01. The van der Waals surface area contributed by atoms with E-state index in [9.17, 15) is 4.79 Å². The van der Waals surface area contributed by atoms with Gasteiger partial charge in [0, 0.05) is 13.1 Å². The molecule has 0 unspecified atom stereocenters. The van der Waals surface area contributed by atoms with Gasteiger partial charge in [-0.05, 0) is 25.5 Å². The summed E-state index contributed by atoms with van der Waals surface area (Å²) in [7, 11) is 0. The van der Waals surface area contributed by atoms with Crippen LogP contribution in [0.3, 0.4) is 0 Å². The fourth-order valence-electron chi connectivity index (χ4n) is 1.83. The number of thiocarbonyl (C=S) groups is 1. The minimum atomic E-state index is -0.0151. The van der Waals surface area contributed by atoms with E-state index in [0.29, 0.717) is 17.9 Å². The number of para-hydroxylation sites is 1. The van der Waals surface area contributed by atoms with E-state index in [1.54, 1.807) is 17.0 Å². The maximum absolute atomic E-state index is 12.1. The molecule has 0 aliphatic heterocycles. The Morgan fingerprint density at radius 3 is 2.65 bits per heavy atom. The van der Waals surface area contributed by atoms with Crippen molar-refractivity contribution >= 4 is 23.1 Å². The number of benzene rings is 1. The molecule has 0 aliphatic carbocycles. The van der Waals surface area contributed by atoms with Crippen molar-refractivity contribution in [3.8, 4) is 5.75 Å². The Bertz CT molecular complexity index is 463. The molecular formula is C15H22N2O2S. The monoisotopic (exact) mass is 294 g/mol. The van der Waals surface area contributed by atoms with Gasteiger partial charge in [-0.2, -0.15) is 0 Å². The molecule has 1 aromatic carbocycles. The highest BCUT2D eigenvalue weighted by molar-refractivity contribution is 7.80. The van der Waals surface area contributed by atoms with Crippen LogP contribution in [-0.2, 0) is 4.79 Å². The fraction of sp³-hybridized carbons (Fsp3) is 0.467. The van der Waals surface area contributed by atoms with Crippen LogP contribution in [-0.4, -0.2) is 35.5 Å². The van der Waals surface area contributed by atoms with Gasteiger partial charge in [0.25, 0.3) is 5.91 Å². The van der Waals surface area contributed by atoms with Crippen molar-refractivity contribution in [2.45, 2.75) is 26.7 Å². The van der Waals surface area contributed by atoms with Crippen LogP contribution in [0.5, 0.6) is 5.75 Å². The van der Waals surface area contributed by atoms with Gasteiger partial charge in [-0.3, -0.25) is 4.79 Å². The zero-order valence-corrected chi connectivity index (χ0v) is 12.9. The molecular weight excluding hydrogens is 272 g/mol. The van der Waals surface area contributed by atoms with E-state index in [4.69, 9.17) is 22.7 Å². The van der Waals surface area contributed by atoms with Gasteiger partial charge in [-0.15, -0.1) is 0 Å². The second kappa shape index (κ2) is 8.53. The molecule has 2 N–H and O–H groups in total. The predicted molar refractivity (Wildman–Crippen MR) is 85.0 cm³/mol. The van der Waals surface area contributed by atoms with Gasteiger partial charge in [-0.25, -0.2) is 0 Å². The smallest absolute Gasteiger partial charge is 0.260 e. The first kappa shape index (κ1) is 16.4. The number of nitrogens with two attached hydrogens (primary N) is 1. The number of ether oxygens (including phenoxy) is 1. The number of carbonyl (C=O) groups excluding carboxylic acids is 1. The Morgan fingerprint density at radius 1 is 1.35 bits per heavy atom. The van der Waals surface area contributed by atoms with Crippen molar-refractivity contribution in [3.05, 3.63) is 29.8 Å². The number of hydrogen-bond acceptors (Lipinski definition) is 3. The van der Waals surface area contributed by atoms with E-state index in [1.807, 2.05) is 19.1 Å². The van der Waals surface area contributed by atoms with Crippen molar-refractivity contribution < 1.29 is 9.53 Å². The topological polar surface area (TPSA) is 55.6 Å². The summed E-state index contributed by atoms with van der Waals surface area (Å²) in [6, 6.07) is 7.22. The first-order chi connectivity index (χ1) is 9.60. The van der Waals surface area contributed by atoms with Crippen molar-refractivity contribution in [1.82, 2.24) is 4.90 Å². The Labute approximate surface area is 125 Å². The average Bonchev–Trinajstić information content (AvgIpc) is 2.46. The first-order valence-corrected chi connectivity index (χ1v) is 7.30. The second-order valence-electron chi connectivity index (χ2n) is 4.48. The van der Waals surface area contributed by atoms with E-state index in [2.05, 4.69) is 6.92 Å². The van der Waals surface area contributed by atoms with Crippen LogP contribution < -0.4 is 10.5 Å². The largest absolute Gasteiger partial charge is 0.483 e. The van der Waals surface area contributed by atoms with E-state index in [1.165, 1.54) is 0 Å². The summed E-state index contributed by atoms with van der Waals surface area (Å²) in [5.74, 6) is 0.540. The first-order valence-electron chi connectivity index (χ1n) is 6.89. The number of carbonyl (C=O) groups is 1. The zero-order valence-electron chi connectivity index (χ0n) is 12.1. The minimum absolute atomic E-state index is 0.0111. The van der Waals surface area contributed by atoms with Crippen molar-refractivity contribution in [1.29, 1.82) is 0 Å². The molecule has 1 amide bonds. The van der Waals surface area contributed by atoms with Crippen LogP contribution in [0.4, 0.5) is 0 Å². The summed E-state index contributed by atoms with van der Waals surface area (Å²) < 4.78 is 5.56. The molecule has 20 heavy (non-hydrogen) atoms. The van der Waals surface area contributed by atoms with Crippen LogP contribution in [0.1, 0.15) is 32.3 Å². The molecule has 0 heterocycles. The minimum Gasteiger partial charge on any atom is -0.483 e. The standard InChI is InChI=1S/C15H22N2O2S/c1-3-5-10-17(4-2)14(18)11-19-13-9-7-6-8-12(13)15(16)20/h6-9H,3-5,10-11H2,1-2H3,(H2,16,20). The maximum atomic E-state index is 12.1. The molecule has 0 spiro atoms. The van der Waals surface area contributed by atoms with Crippen LogP contribution in [0.15, 0.2) is 24.3 Å². The lowest BCUT2D eigenvalue weighted by Crippen LogP contribution is -2.35. The van der Waals surface area contributed by atoms with Crippen LogP contribution in [0.25, 0.3) is 0 Å². The predicted octanol–water partition coefficient (Wildman–Crippen LogP) is 2.35. The van der Waals surface area contributed by atoms with Crippen molar-refractivity contribution in [2.24, 2.45) is 5.73 Å². The van der Waals surface area contributed by atoms with E-state index in [0.717, 1.165) is 19.4 Å². The van der Waals surface area contributed by atoms with Gasteiger partial charge in [0.1, 0.15) is 10.7 Å². The second-order valence-corrected chi connectivity index (χ2v) is 4.92. The van der Waals surface area contributed by atoms with Gasteiger partial charge in [0.05, 0.1) is 5.56 Å². The SMILES string of the molecule is CCCCN(CC)C(=O)COc1ccccc1C(N)=S. The lowest BCUT2D eigenvalue weighted by Gasteiger charge is -2.21. The molecule has 0 bridgehead atoms. The Balaban J connectivity index is 2.62. The van der Waals surface area contributed by atoms with Gasteiger partial charge < -0.3 is 15.4 Å².